The maximum atomic E-state index is 14.0. The Labute approximate surface area is 124 Å². The van der Waals surface area contributed by atoms with Gasteiger partial charge in [0, 0.05) is 31.7 Å². The summed E-state index contributed by atoms with van der Waals surface area (Å²) >= 11 is 0. The molecule has 1 aliphatic heterocycles. The van der Waals surface area contributed by atoms with Crippen LogP contribution in [0.4, 0.5) is 15.8 Å². The lowest BCUT2D eigenvalue weighted by Crippen LogP contribution is -2.07. The number of nitrogens with zero attached hydrogens (tertiary/aromatic N) is 4. The third-order valence-electron chi connectivity index (χ3n) is 3.04. The number of hydrogen-bond donors (Lipinski definition) is 0. The second kappa shape index (κ2) is 6.22. The standard InChI is InChI=1S/C14H17FN4OS/c1-19(2)10-17-14-8-11(7-13(15)12(14)9-16)18-21(20)5-3-4-6-21/h7-8,10H,3-6H2,1-2H3. The van der Waals surface area contributed by atoms with Crippen LogP contribution in [0.1, 0.15) is 18.4 Å². The molecule has 0 unspecified atom stereocenters. The summed E-state index contributed by atoms with van der Waals surface area (Å²) in [6.07, 6.45) is 3.24. The molecule has 0 radical (unpaired) electrons. The largest absolute Gasteiger partial charge is 0.369 e. The van der Waals surface area contributed by atoms with Crippen molar-refractivity contribution in [2.24, 2.45) is 9.36 Å². The van der Waals surface area contributed by atoms with Crippen molar-refractivity contribution in [3.8, 4) is 6.07 Å². The molecular weight excluding hydrogens is 291 g/mol. The Morgan fingerprint density at radius 1 is 1.38 bits per heavy atom. The van der Waals surface area contributed by atoms with Gasteiger partial charge in [-0.25, -0.2) is 13.6 Å². The van der Waals surface area contributed by atoms with Gasteiger partial charge in [0.2, 0.25) is 0 Å². The Kier molecular flexibility index (Phi) is 4.58. The van der Waals surface area contributed by atoms with Crippen molar-refractivity contribution in [1.29, 1.82) is 5.26 Å². The monoisotopic (exact) mass is 308 g/mol. The molecule has 0 atom stereocenters. The van der Waals surface area contributed by atoms with Crippen molar-refractivity contribution in [3.63, 3.8) is 0 Å². The van der Waals surface area contributed by atoms with E-state index in [1.54, 1.807) is 25.1 Å². The maximum absolute atomic E-state index is 14.0. The Bertz CT molecular complexity index is 715. The second-order valence-electron chi connectivity index (χ2n) is 5.12. The summed E-state index contributed by atoms with van der Waals surface area (Å²) in [5.41, 5.74) is 0.351. The summed E-state index contributed by atoms with van der Waals surface area (Å²) in [4.78, 5) is 5.76. The van der Waals surface area contributed by atoms with E-state index >= 15 is 0 Å². The van der Waals surface area contributed by atoms with Crippen molar-refractivity contribution in [3.05, 3.63) is 23.5 Å². The zero-order valence-electron chi connectivity index (χ0n) is 12.0. The van der Waals surface area contributed by atoms with Crippen LogP contribution in [0.2, 0.25) is 0 Å². The van der Waals surface area contributed by atoms with E-state index in [-0.39, 0.29) is 16.9 Å². The van der Waals surface area contributed by atoms with Crippen LogP contribution >= 0.6 is 0 Å². The van der Waals surface area contributed by atoms with Crippen LogP contribution in [-0.2, 0) is 9.73 Å². The number of hydrogen-bond acceptors (Lipinski definition) is 4. The molecule has 0 N–H and O–H groups in total. The normalized spacial score (nSPS) is 16.9. The minimum absolute atomic E-state index is 0.131. The van der Waals surface area contributed by atoms with Crippen molar-refractivity contribution in [1.82, 2.24) is 4.90 Å². The molecule has 0 aliphatic carbocycles. The van der Waals surface area contributed by atoms with Gasteiger partial charge in [0.05, 0.1) is 27.4 Å². The second-order valence-corrected chi connectivity index (χ2v) is 7.67. The summed E-state index contributed by atoms with van der Waals surface area (Å²) in [6.45, 7) is 0. The molecule has 0 saturated carbocycles. The smallest absolute Gasteiger partial charge is 0.145 e. The predicted molar refractivity (Wildman–Crippen MR) is 82.2 cm³/mol. The van der Waals surface area contributed by atoms with E-state index in [9.17, 15) is 8.60 Å². The van der Waals surface area contributed by atoms with Crippen LogP contribution in [0.15, 0.2) is 21.5 Å². The van der Waals surface area contributed by atoms with Crippen LogP contribution in [-0.4, -0.2) is 41.0 Å². The van der Waals surface area contributed by atoms with E-state index in [0.29, 0.717) is 11.5 Å². The average molecular weight is 308 g/mol. The third-order valence-corrected chi connectivity index (χ3v) is 5.44. The van der Waals surface area contributed by atoms with Gasteiger partial charge in [-0.2, -0.15) is 9.62 Å². The van der Waals surface area contributed by atoms with E-state index in [0.717, 1.165) is 18.9 Å². The molecule has 112 valence electrons. The highest BCUT2D eigenvalue weighted by molar-refractivity contribution is 7.93. The van der Waals surface area contributed by atoms with Gasteiger partial charge in [0.25, 0.3) is 0 Å². The van der Waals surface area contributed by atoms with Gasteiger partial charge >= 0.3 is 0 Å². The van der Waals surface area contributed by atoms with Crippen molar-refractivity contribution in [2.45, 2.75) is 12.8 Å². The summed E-state index contributed by atoms with van der Waals surface area (Å²) < 4.78 is 30.6. The minimum atomic E-state index is -2.28. The highest BCUT2D eigenvalue weighted by Gasteiger charge is 2.17. The van der Waals surface area contributed by atoms with E-state index < -0.39 is 15.5 Å². The van der Waals surface area contributed by atoms with Gasteiger partial charge in [-0.15, -0.1) is 0 Å². The fraction of sp³-hybridized carbons (Fsp3) is 0.429. The molecule has 2 rings (SSSR count). The molecule has 0 spiro atoms. The molecule has 0 aromatic heterocycles. The molecule has 1 aliphatic rings. The molecule has 1 aromatic carbocycles. The van der Waals surface area contributed by atoms with E-state index in [2.05, 4.69) is 9.36 Å². The maximum Gasteiger partial charge on any atom is 0.145 e. The highest BCUT2D eigenvalue weighted by Crippen LogP contribution is 2.30. The summed E-state index contributed by atoms with van der Waals surface area (Å²) in [5.74, 6) is 0.404. The predicted octanol–water partition coefficient (Wildman–Crippen LogP) is 2.81. The summed E-state index contributed by atoms with van der Waals surface area (Å²) in [5, 5.41) is 9.03. The Morgan fingerprint density at radius 3 is 2.62 bits per heavy atom. The number of halogens is 1. The first kappa shape index (κ1) is 15.4. The molecule has 1 aromatic rings. The van der Waals surface area contributed by atoms with Gasteiger partial charge in [-0.3, -0.25) is 0 Å². The van der Waals surface area contributed by atoms with Gasteiger partial charge < -0.3 is 4.90 Å². The molecule has 21 heavy (non-hydrogen) atoms. The Balaban J connectivity index is 2.51. The zero-order valence-corrected chi connectivity index (χ0v) is 12.9. The van der Waals surface area contributed by atoms with Crippen LogP contribution in [0.5, 0.6) is 0 Å². The first-order valence-corrected chi connectivity index (χ1v) is 8.46. The molecule has 1 fully saturated rings. The van der Waals surface area contributed by atoms with Gasteiger partial charge in [0.15, 0.2) is 0 Å². The lowest BCUT2D eigenvalue weighted by molar-refractivity contribution is 0.624. The van der Waals surface area contributed by atoms with Crippen LogP contribution in [0, 0.1) is 17.1 Å². The van der Waals surface area contributed by atoms with Gasteiger partial charge in [-0.05, 0) is 18.9 Å². The average Bonchev–Trinajstić information content (AvgIpc) is 2.82. The minimum Gasteiger partial charge on any atom is -0.369 e. The third kappa shape index (κ3) is 3.79. The lowest BCUT2D eigenvalue weighted by Gasteiger charge is -2.06. The van der Waals surface area contributed by atoms with E-state index in [1.807, 2.05) is 0 Å². The Morgan fingerprint density at radius 2 is 2.05 bits per heavy atom. The topological polar surface area (TPSA) is 68.8 Å². The first-order valence-electron chi connectivity index (χ1n) is 6.60. The van der Waals surface area contributed by atoms with Crippen LogP contribution < -0.4 is 0 Å². The van der Waals surface area contributed by atoms with Crippen molar-refractivity contribution in [2.75, 3.05) is 25.6 Å². The van der Waals surface area contributed by atoms with E-state index in [4.69, 9.17) is 5.26 Å². The van der Waals surface area contributed by atoms with E-state index in [1.165, 1.54) is 12.4 Å². The fourth-order valence-corrected chi connectivity index (χ4v) is 4.25. The molecule has 0 bridgehead atoms. The number of rotatable bonds is 3. The highest BCUT2D eigenvalue weighted by atomic mass is 32.2. The van der Waals surface area contributed by atoms with Crippen LogP contribution in [0.25, 0.3) is 0 Å². The number of benzene rings is 1. The molecule has 1 heterocycles. The lowest BCUT2D eigenvalue weighted by atomic mass is 10.1. The van der Waals surface area contributed by atoms with Gasteiger partial charge in [0.1, 0.15) is 17.4 Å². The van der Waals surface area contributed by atoms with Crippen LogP contribution in [0.3, 0.4) is 0 Å². The molecule has 0 amide bonds. The fourth-order valence-electron chi connectivity index (χ4n) is 2.06. The SMILES string of the molecule is CN(C)C=Nc1cc(N=S2(=O)CCCC2)cc(F)c1C#N. The summed E-state index contributed by atoms with van der Waals surface area (Å²) in [7, 11) is 1.27. The zero-order chi connectivity index (χ0) is 15.5. The molecule has 5 nitrogen and oxygen atoms in total. The molecule has 1 saturated heterocycles. The van der Waals surface area contributed by atoms with Gasteiger partial charge in [-0.1, -0.05) is 0 Å². The summed E-state index contributed by atoms with van der Waals surface area (Å²) in [6, 6.07) is 4.46. The van der Waals surface area contributed by atoms with Crippen molar-refractivity contribution < 1.29 is 8.60 Å². The quantitative estimate of drug-likeness (QED) is 0.637. The first-order chi connectivity index (χ1) is 9.93. The molecular formula is C14H17FN4OS. The molecule has 7 heteroatoms. The van der Waals surface area contributed by atoms with Crippen molar-refractivity contribution >= 4 is 27.4 Å². The number of nitriles is 1. The number of aliphatic imine (C=N–C) groups is 1. The Hall–Kier alpha value is -1.94.